The summed E-state index contributed by atoms with van der Waals surface area (Å²) < 4.78 is 10.8. The standard InChI is InChI=1S/C12H21NO3/c1-10(14)16-12-5-3-2-4-11(12)13-6-8-15-9-7-13/h11-12H,2-9H2,1H3/t11-,12-/m1/s1. The van der Waals surface area contributed by atoms with Gasteiger partial charge < -0.3 is 9.47 Å². The van der Waals surface area contributed by atoms with Crippen LogP contribution in [-0.4, -0.2) is 49.3 Å². The summed E-state index contributed by atoms with van der Waals surface area (Å²) in [6.07, 6.45) is 4.70. The molecule has 1 saturated carbocycles. The van der Waals surface area contributed by atoms with Crippen LogP contribution in [0.4, 0.5) is 0 Å². The maximum Gasteiger partial charge on any atom is 0.302 e. The minimum absolute atomic E-state index is 0.101. The molecule has 1 saturated heterocycles. The maximum absolute atomic E-state index is 11.1. The molecule has 0 unspecified atom stereocenters. The van der Waals surface area contributed by atoms with Crippen LogP contribution >= 0.6 is 0 Å². The Labute approximate surface area is 96.9 Å². The number of ether oxygens (including phenoxy) is 2. The number of morpholine rings is 1. The van der Waals surface area contributed by atoms with E-state index < -0.39 is 0 Å². The van der Waals surface area contributed by atoms with Gasteiger partial charge in [-0.2, -0.15) is 0 Å². The van der Waals surface area contributed by atoms with Crippen LogP contribution in [-0.2, 0) is 14.3 Å². The van der Waals surface area contributed by atoms with Gasteiger partial charge in [0.05, 0.1) is 13.2 Å². The molecule has 2 fully saturated rings. The van der Waals surface area contributed by atoms with Crippen LogP contribution < -0.4 is 0 Å². The van der Waals surface area contributed by atoms with Gasteiger partial charge in [0.2, 0.25) is 0 Å². The lowest BCUT2D eigenvalue weighted by atomic mass is 9.91. The lowest BCUT2D eigenvalue weighted by Gasteiger charge is -2.40. The first-order valence-electron chi connectivity index (χ1n) is 6.26. The van der Waals surface area contributed by atoms with E-state index in [0.29, 0.717) is 6.04 Å². The Hall–Kier alpha value is -0.610. The van der Waals surface area contributed by atoms with Crippen molar-refractivity contribution in [3.05, 3.63) is 0 Å². The fourth-order valence-corrected chi connectivity index (χ4v) is 2.75. The van der Waals surface area contributed by atoms with Gasteiger partial charge in [-0.25, -0.2) is 0 Å². The highest BCUT2D eigenvalue weighted by Gasteiger charge is 2.32. The fourth-order valence-electron chi connectivity index (χ4n) is 2.75. The van der Waals surface area contributed by atoms with Crippen molar-refractivity contribution in [2.45, 2.75) is 44.8 Å². The van der Waals surface area contributed by atoms with Crippen molar-refractivity contribution in [3.63, 3.8) is 0 Å². The second-order valence-corrected chi connectivity index (χ2v) is 4.65. The number of hydrogen-bond acceptors (Lipinski definition) is 4. The Bertz CT molecular complexity index is 238. The Morgan fingerprint density at radius 1 is 1.25 bits per heavy atom. The van der Waals surface area contributed by atoms with Gasteiger partial charge in [0.1, 0.15) is 6.10 Å². The summed E-state index contributed by atoms with van der Waals surface area (Å²) in [7, 11) is 0. The van der Waals surface area contributed by atoms with Crippen LogP contribution in [0.3, 0.4) is 0 Å². The van der Waals surface area contributed by atoms with Crippen molar-refractivity contribution in [1.29, 1.82) is 0 Å². The van der Waals surface area contributed by atoms with Crippen LogP contribution in [0.15, 0.2) is 0 Å². The van der Waals surface area contributed by atoms with E-state index in [0.717, 1.165) is 39.1 Å². The van der Waals surface area contributed by atoms with Crippen LogP contribution in [0.2, 0.25) is 0 Å². The molecule has 2 rings (SSSR count). The number of hydrogen-bond donors (Lipinski definition) is 0. The summed E-state index contributed by atoms with van der Waals surface area (Å²) in [4.78, 5) is 13.5. The summed E-state index contributed by atoms with van der Waals surface area (Å²) in [5, 5.41) is 0. The second-order valence-electron chi connectivity index (χ2n) is 4.65. The third kappa shape index (κ3) is 2.95. The Morgan fingerprint density at radius 3 is 2.62 bits per heavy atom. The summed E-state index contributed by atoms with van der Waals surface area (Å²) in [5.74, 6) is -0.148. The van der Waals surface area contributed by atoms with Crippen LogP contribution in [0, 0.1) is 0 Å². The second kappa shape index (κ2) is 5.64. The van der Waals surface area contributed by atoms with E-state index in [1.807, 2.05) is 0 Å². The van der Waals surface area contributed by atoms with Crippen molar-refractivity contribution < 1.29 is 14.3 Å². The van der Waals surface area contributed by atoms with Gasteiger partial charge in [0, 0.05) is 26.1 Å². The van der Waals surface area contributed by atoms with E-state index >= 15 is 0 Å². The van der Waals surface area contributed by atoms with Gasteiger partial charge in [-0.3, -0.25) is 9.69 Å². The molecule has 0 spiro atoms. The first-order chi connectivity index (χ1) is 7.77. The van der Waals surface area contributed by atoms with Gasteiger partial charge in [0.15, 0.2) is 0 Å². The molecule has 0 N–H and O–H groups in total. The number of carbonyl (C=O) groups is 1. The average Bonchev–Trinajstić information content (AvgIpc) is 2.30. The number of esters is 1. The first-order valence-corrected chi connectivity index (χ1v) is 6.26. The van der Waals surface area contributed by atoms with Gasteiger partial charge >= 0.3 is 5.97 Å². The molecule has 1 aliphatic heterocycles. The van der Waals surface area contributed by atoms with Crippen LogP contribution in [0.25, 0.3) is 0 Å². The molecule has 2 aliphatic rings. The molecule has 4 nitrogen and oxygen atoms in total. The molecule has 2 atom stereocenters. The SMILES string of the molecule is CC(=O)O[C@@H]1CCCC[C@H]1N1CCOCC1. The zero-order valence-electron chi connectivity index (χ0n) is 9.98. The van der Waals surface area contributed by atoms with E-state index in [9.17, 15) is 4.79 Å². The monoisotopic (exact) mass is 227 g/mol. The summed E-state index contributed by atoms with van der Waals surface area (Å²) in [5.41, 5.74) is 0. The van der Waals surface area contributed by atoms with E-state index in [4.69, 9.17) is 9.47 Å². The summed E-state index contributed by atoms with van der Waals surface area (Å²) in [6, 6.07) is 0.418. The first kappa shape index (κ1) is 11.9. The van der Waals surface area contributed by atoms with Crippen molar-refractivity contribution in [2.75, 3.05) is 26.3 Å². The smallest absolute Gasteiger partial charge is 0.302 e. The van der Waals surface area contributed by atoms with E-state index in [1.165, 1.54) is 19.8 Å². The van der Waals surface area contributed by atoms with Crippen molar-refractivity contribution >= 4 is 5.97 Å². The Morgan fingerprint density at radius 2 is 1.94 bits per heavy atom. The molecule has 16 heavy (non-hydrogen) atoms. The van der Waals surface area contributed by atoms with Crippen molar-refractivity contribution in [2.24, 2.45) is 0 Å². The molecule has 0 aromatic heterocycles. The van der Waals surface area contributed by atoms with Gasteiger partial charge in [-0.1, -0.05) is 6.42 Å². The predicted molar refractivity (Wildman–Crippen MR) is 60.2 cm³/mol. The highest BCUT2D eigenvalue weighted by atomic mass is 16.5. The predicted octanol–water partition coefficient (Wildman–Crippen LogP) is 1.19. The molecule has 0 bridgehead atoms. The lowest BCUT2D eigenvalue weighted by Crippen LogP contribution is -2.51. The van der Waals surface area contributed by atoms with Crippen LogP contribution in [0.5, 0.6) is 0 Å². The number of rotatable bonds is 2. The normalized spacial score (nSPS) is 32.3. The molecule has 1 heterocycles. The molecule has 92 valence electrons. The van der Waals surface area contributed by atoms with Gasteiger partial charge in [-0.15, -0.1) is 0 Å². The summed E-state index contributed by atoms with van der Waals surface area (Å²) in [6.45, 7) is 5.07. The highest BCUT2D eigenvalue weighted by Crippen LogP contribution is 2.26. The Balaban J connectivity index is 1.94. The quantitative estimate of drug-likeness (QED) is 0.664. The number of nitrogens with zero attached hydrogens (tertiary/aromatic N) is 1. The lowest BCUT2D eigenvalue weighted by molar-refractivity contribution is -0.153. The third-order valence-corrected chi connectivity index (χ3v) is 3.50. The minimum Gasteiger partial charge on any atom is -0.461 e. The van der Waals surface area contributed by atoms with Gasteiger partial charge in [-0.05, 0) is 19.3 Å². The molecule has 0 radical (unpaired) electrons. The fraction of sp³-hybridized carbons (Fsp3) is 0.917. The van der Waals surface area contributed by atoms with E-state index in [-0.39, 0.29) is 12.1 Å². The maximum atomic E-state index is 11.1. The zero-order chi connectivity index (χ0) is 11.4. The minimum atomic E-state index is -0.148. The van der Waals surface area contributed by atoms with E-state index in [2.05, 4.69) is 4.90 Å². The molecule has 0 amide bonds. The average molecular weight is 227 g/mol. The molecular weight excluding hydrogens is 206 g/mol. The number of carbonyl (C=O) groups excluding carboxylic acids is 1. The summed E-state index contributed by atoms with van der Waals surface area (Å²) >= 11 is 0. The van der Waals surface area contributed by atoms with Crippen molar-refractivity contribution in [3.8, 4) is 0 Å². The highest BCUT2D eigenvalue weighted by molar-refractivity contribution is 5.66. The van der Waals surface area contributed by atoms with Crippen LogP contribution in [0.1, 0.15) is 32.6 Å². The van der Waals surface area contributed by atoms with Crippen molar-refractivity contribution in [1.82, 2.24) is 4.90 Å². The zero-order valence-corrected chi connectivity index (χ0v) is 9.98. The van der Waals surface area contributed by atoms with E-state index in [1.54, 1.807) is 0 Å². The molecule has 0 aromatic rings. The topological polar surface area (TPSA) is 38.8 Å². The largest absolute Gasteiger partial charge is 0.461 e. The molecule has 1 aliphatic carbocycles. The molecule has 0 aromatic carbocycles. The Kier molecular flexibility index (Phi) is 4.18. The van der Waals surface area contributed by atoms with Gasteiger partial charge in [0.25, 0.3) is 0 Å². The molecular formula is C12H21NO3. The third-order valence-electron chi connectivity index (χ3n) is 3.50. The molecule has 4 heteroatoms.